The first-order valence-corrected chi connectivity index (χ1v) is 8.36. The summed E-state index contributed by atoms with van der Waals surface area (Å²) in [6, 6.07) is 6.33. The first-order chi connectivity index (χ1) is 7.70. The Balaban J connectivity index is 2.09. The Morgan fingerprint density at radius 2 is 2.25 bits per heavy atom. The maximum absolute atomic E-state index is 5.71. The Labute approximate surface area is 98.1 Å². The Hall–Kier alpha value is -0.683. The fourth-order valence-electron chi connectivity index (χ4n) is 1.82. The smallest absolute Gasteiger partial charge is 0.184 e. The van der Waals surface area contributed by atoms with Crippen LogP contribution in [0.4, 0.5) is 0 Å². The molecule has 1 unspecified atom stereocenters. The lowest BCUT2D eigenvalue weighted by Gasteiger charge is -2.10. The second-order valence-corrected chi connectivity index (χ2v) is 6.70. The molecule has 0 aromatic heterocycles. The normalized spacial score (nSPS) is 19.1. The molecule has 0 spiro atoms. The van der Waals surface area contributed by atoms with E-state index in [1.165, 1.54) is 11.1 Å². The van der Waals surface area contributed by atoms with E-state index in [1.807, 2.05) is 0 Å². The summed E-state index contributed by atoms with van der Waals surface area (Å²) in [5.41, 5.74) is 3.59. The summed E-state index contributed by atoms with van der Waals surface area (Å²) in [5, 5.41) is 0. The van der Waals surface area contributed by atoms with Crippen molar-refractivity contribution in [3.63, 3.8) is 0 Å². The molecule has 0 radical (unpaired) electrons. The van der Waals surface area contributed by atoms with Crippen LogP contribution < -0.4 is 0 Å². The van der Waals surface area contributed by atoms with Crippen LogP contribution in [-0.4, -0.2) is 16.2 Å². The number of ether oxygens (including phenoxy) is 2. The molecule has 16 heavy (non-hydrogen) atoms. The monoisotopic (exact) mass is 238 g/mol. The van der Waals surface area contributed by atoms with Crippen molar-refractivity contribution in [3.8, 4) is 0 Å². The van der Waals surface area contributed by atoms with E-state index < -0.39 is 9.04 Å². The third-order valence-electron chi connectivity index (χ3n) is 2.65. The van der Waals surface area contributed by atoms with Crippen LogP contribution in [0.3, 0.4) is 0 Å². The van der Waals surface area contributed by atoms with Crippen molar-refractivity contribution >= 4 is 9.04 Å². The van der Waals surface area contributed by atoms with Gasteiger partial charge in [0.15, 0.2) is 15.3 Å². The first-order valence-electron chi connectivity index (χ1n) is 5.58. The predicted octanol–water partition coefficient (Wildman–Crippen LogP) is 2.36. The quantitative estimate of drug-likeness (QED) is 0.754. The number of hydrogen-bond acceptors (Lipinski definition) is 3. The molecular formula is C12H18O3Si. The fraction of sp³-hybridized carbons (Fsp3) is 0.500. The van der Waals surface area contributed by atoms with Gasteiger partial charge in [-0.2, -0.15) is 0 Å². The van der Waals surface area contributed by atoms with Crippen LogP contribution in [0.2, 0.25) is 13.1 Å². The highest BCUT2D eigenvalue weighted by atomic mass is 28.3. The van der Waals surface area contributed by atoms with Gasteiger partial charge < -0.3 is 13.9 Å². The summed E-state index contributed by atoms with van der Waals surface area (Å²) in [7, 11) is 0.732. The summed E-state index contributed by atoms with van der Waals surface area (Å²) in [5.74, 6) is 0. The third kappa shape index (κ3) is 2.52. The molecule has 1 heterocycles. The highest BCUT2D eigenvalue weighted by Gasteiger charge is 2.22. The second kappa shape index (κ2) is 5.10. The molecule has 0 fully saturated rings. The third-order valence-corrected chi connectivity index (χ3v) is 3.48. The molecule has 1 aliphatic heterocycles. The molecular weight excluding hydrogens is 220 g/mol. The van der Waals surface area contributed by atoms with Gasteiger partial charge in [-0.3, -0.25) is 0 Å². The lowest BCUT2D eigenvalue weighted by molar-refractivity contribution is -0.118. The topological polar surface area (TPSA) is 27.7 Å². The van der Waals surface area contributed by atoms with Crippen molar-refractivity contribution < 1.29 is 13.9 Å². The summed E-state index contributed by atoms with van der Waals surface area (Å²) in [6.45, 7) is 5.71. The minimum Gasteiger partial charge on any atom is -0.416 e. The van der Waals surface area contributed by atoms with Crippen molar-refractivity contribution in [2.75, 3.05) is 7.11 Å². The molecule has 0 N–H and O–H groups in total. The predicted molar refractivity (Wildman–Crippen MR) is 64.6 cm³/mol. The minimum absolute atomic E-state index is 0.190. The second-order valence-electron chi connectivity index (χ2n) is 4.27. The summed E-state index contributed by atoms with van der Waals surface area (Å²) in [6.07, 6.45) is -0.190. The number of rotatable bonds is 4. The Bertz CT molecular complexity index is 365. The molecule has 0 saturated carbocycles. The van der Waals surface area contributed by atoms with E-state index in [1.54, 1.807) is 7.11 Å². The summed E-state index contributed by atoms with van der Waals surface area (Å²) >= 11 is 0. The van der Waals surface area contributed by atoms with Crippen LogP contribution in [0.1, 0.15) is 23.0 Å². The molecule has 88 valence electrons. The average molecular weight is 238 g/mol. The van der Waals surface area contributed by atoms with Gasteiger partial charge in [0, 0.05) is 12.7 Å². The summed E-state index contributed by atoms with van der Waals surface area (Å²) in [4.78, 5) is 0. The number of hydrogen-bond donors (Lipinski definition) is 0. The van der Waals surface area contributed by atoms with Gasteiger partial charge in [0.25, 0.3) is 0 Å². The minimum atomic E-state index is -0.936. The molecule has 1 aliphatic rings. The zero-order valence-electron chi connectivity index (χ0n) is 10.0. The molecule has 0 saturated heterocycles. The molecule has 0 bridgehead atoms. The molecule has 0 aliphatic carbocycles. The first kappa shape index (κ1) is 11.8. The highest BCUT2D eigenvalue weighted by Crippen LogP contribution is 2.31. The van der Waals surface area contributed by atoms with Crippen molar-refractivity contribution in [2.45, 2.75) is 32.6 Å². The number of benzene rings is 1. The van der Waals surface area contributed by atoms with Gasteiger partial charge >= 0.3 is 0 Å². The standard InChI is InChI=1S/C12H18O3Si/c1-13-12-11-5-4-9(7-15-16(2)3)6-10(11)8-14-12/h4-6,12,16H,7-8H2,1-3H3. The van der Waals surface area contributed by atoms with E-state index in [-0.39, 0.29) is 6.29 Å². The average Bonchev–Trinajstić information content (AvgIpc) is 2.68. The Morgan fingerprint density at radius 1 is 1.44 bits per heavy atom. The van der Waals surface area contributed by atoms with E-state index in [0.717, 1.165) is 12.2 Å². The van der Waals surface area contributed by atoms with Crippen molar-refractivity contribution in [3.05, 3.63) is 34.9 Å². The van der Waals surface area contributed by atoms with Crippen molar-refractivity contribution in [1.29, 1.82) is 0 Å². The Kier molecular flexibility index (Phi) is 3.76. The van der Waals surface area contributed by atoms with Gasteiger partial charge in [-0.05, 0) is 24.2 Å². The van der Waals surface area contributed by atoms with Crippen LogP contribution >= 0.6 is 0 Å². The van der Waals surface area contributed by atoms with E-state index in [4.69, 9.17) is 13.9 Å². The molecule has 3 nitrogen and oxygen atoms in total. The molecule has 0 amide bonds. The van der Waals surface area contributed by atoms with Crippen LogP contribution in [0.5, 0.6) is 0 Å². The van der Waals surface area contributed by atoms with Gasteiger partial charge in [0.05, 0.1) is 13.2 Å². The molecule has 4 heteroatoms. The molecule has 1 atom stereocenters. The van der Waals surface area contributed by atoms with Crippen LogP contribution in [0.15, 0.2) is 18.2 Å². The van der Waals surface area contributed by atoms with E-state index in [0.29, 0.717) is 6.61 Å². The lowest BCUT2D eigenvalue weighted by Crippen LogP contribution is -2.07. The van der Waals surface area contributed by atoms with Crippen LogP contribution in [-0.2, 0) is 27.1 Å². The van der Waals surface area contributed by atoms with Gasteiger partial charge in [-0.1, -0.05) is 18.2 Å². The van der Waals surface area contributed by atoms with Gasteiger partial charge in [-0.15, -0.1) is 0 Å². The van der Waals surface area contributed by atoms with Crippen LogP contribution in [0.25, 0.3) is 0 Å². The fourth-order valence-corrected chi connectivity index (χ4v) is 2.34. The highest BCUT2D eigenvalue weighted by molar-refractivity contribution is 6.48. The Morgan fingerprint density at radius 3 is 2.94 bits per heavy atom. The zero-order valence-corrected chi connectivity index (χ0v) is 11.2. The van der Waals surface area contributed by atoms with Gasteiger partial charge in [0.1, 0.15) is 0 Å². The van der Waals surface area contributed by atoms with Crippen molar-refractivity contribution in [2.24, 2.45) is 0 Å². The maximum Gasteiger partial charge on any atom is 0.184 e. The van der Waals surface area contributed by atoms with Crippen LogP contribution in [0, 0.1) is 0 Å². The molecule has 1 aromatic rings. The largest absolute Gasteiger partial charge is 0.416 e. The summed E-state index contributed by atoms with van der Waals surface area (Å²) < 4.78 is 16.4. The lowest BCUT2D eigenvalue weighted by atomic mass is 10.1. The molecule has 2 rings (SSSR count). The molecule has 1 aromatic carbocycles. The van der Waals surface area contributed by atoms with E-state index >= 15 is 0 Å². The van der Waals surface area contributed by atoms with E-state index in [2.05, 4.69) is 31.3 Å². The maximum atomic E-state index is 5.71. The number of methoxy groups -OCH3 is 1. The van der Waals surface area contributed by atoms with Gasteiger partial charge in [0.2, 0.25) is 0 Å². The zero-order chi connectivity index (χ0) is 11.5. The van der Waals surface area contributed by atoms with Gasteiger partial charge in [-0.25, -0.2) is 0 Å². The van der Waals surface area contributed by atoms with E-state index in [9.17, 15) is 0 Å². The van der Waals surface area contributed by atoms with Crippen molar-refractivity contribution in [1.82, 2.24) is 0 Å². The number of fused-ring (bicyclic) bond motifs is 1. The SMILES string of the molecule is COC1OCc2cc(CO[SiH](C)C)ccc21.